The summed E-state index contributed by atoms with van der Waals surface area (Å²) in [6.07, 6.45) is 5.81. The van der Waals surface area contributed by atoms with Crippen molar-refractivity contribution in [3.8, 4) is 0 Å². The lowest BCUT2D eigenvalue weighted by molar-refractivity contribution is 0.606. The second-order valence-corrected chi connectivity index (χ2v) is 5.96. The van der Waals surface area contributed by atoms with E-state index in [1.807, 2.05) is 6.20 Å². The van der Waals surface area contributed by atoms with Gasteiger partial charge in [0.15, 0.2) is 0 Å². The van der Waals surface area contributed by atoms with Gasteiger partial charge >= 0.3 is 0 Å². The van der Waals surface area contributed by atoms with Crippen molar-refractivity contribution in [2.75, 3.05) is 18.0 Å². The number of pyridine rings is 1. The smallest absolute Gasteiger partial charge is 0.0562 e. The van der Waals surface area contributed by atoms with Crippen molar-refractivity contribution in [1.82, 2.24) is 10.3 Å². The Hall–Kier alpha value is -1.09. The van der Waals surface area contributed by atoms with Crippen LogP contribution in [0.4, 0.5) is 5.69 Å². The summed E-state index contributed by atoms with van der Waals surface area (Å²) in [5.41, 5.74) is 2.50. The van der Waals surface area contributed by atoms with Gasteiger partial charge in [0.05, 0.1) is 5.69 Å². The van der Waals surface area contributed by atoms with Gasteiger partial charge in [-0.15, -0.1) is 0 Å². The number of rotatable bonds is 8. The van der Waals surface area contributed by atoms with Crippen molar-refractivity contribution in [1.29, 1.82) is 0 Å². The van der Waals surface area contributed by atoms with Gasteiger partial charge in [-0.3, -0.25) is 4.98 Å². The van der Waals surface area contributed by atoms with Gasteiger partial charge in [-0.05, 0) is 43.9 Å². The molecule has 0 aliphatic heterocycles. The first-order chi connectivity index (χ1) is 9.20. The topological polar surface area (TPSA) is 28.2 Å². The number of hydrogen-bond acceptors (Lipinski definition) is 3. The van der Waals surface area contributed by atoms with Crippen LogP contribution in [0.5, 0.6) is 0 Å². The van der Waals surface area contributed by atoms with Crippen molar-refractivity contribution in [3.63, 3.8) is 0 Å². The van der Waals surface area contributed by atoms with Crippen LogP contribution < -0.4 is 10.2 Å². The van der Waals surface area contributed by atoms with Crippen LogP contribution >= 0.6 is 0 Å². The Bertz CT molecular complexity index is 385. The molecule has 0 amide bonds. The molecule has 3 nitrogen and oxygen atoms in total. The molecule has 106 valence electrons. The van der Waals surface area contributed by atoms with E-state index in [1.165, 1.54) is 24.9 Å². The third-order valence-corrected chi connectivity index (χ3v) is 3.41. The van der Waals surface area contributed by atoms with E-state index in [-0.39, 0.29) is 0 Å². The minimum Gasteiger partial charge on any atom is -0.368 e. The van der Waals surface area contributed by atoms with E-state index in [4.69, 9.17) is 0 Å². The first-order valence-corrected chi connectivity index (χ1v) is 7.63. The fourth-order valence-electron chi connectivity index (χ4n) is 2.38. The Labute approximate surface area is 117 Å². The molecular formula is C16H27N3. The summed E-state index contributed by atoms with van der Waals surface area (Å²) >= 11 is 0. The van der Waals surface area contributed by atoms with Crippen LogP contribution in [0.2, 0.25) is 0 Å². The molecule has 1 fully saturated rings. The summed E-state index contributed by atoms with van der Waals surface area (Å²) in [4.78, 5) is 7.03. The van der Waals surface area contributed by atoms with E-state index < -0.39 is 0 Å². The molecule has 0 atom stereocenters. The molecule has 0 radical (unpaired) electrons. The van der Waals surface area contributed by atoms with E-state index in [0.717, 1.165) is 31.4 Å². The molecule has 1 aliphatic rings. The molecule has 19 heavy (non-hydrogen) atoms. The summed E-state index contributed by atoms with van der Waals surface area (Å²) in [6, 6.07) is 5.18. The van der Waals surface area contributed by atoms with E-state index >= 15 is 0 Å². The predicted octanol–water partition coefficient (Wildman–Crippen LogP) is 3.21. The zero-order valence-corrected chi connectivity index (χ0v) is 12.5. The van der Waals surface area contributed by atoms with Crippen molar-refractivity contribution in [2.45, 2.75) is 52.6 Å². The second kappa shape index (κ2) is 6.90. The normalized spacial score (nSPS) is 14.9. The maximum Gasteiger partial charge on any atom is 0.0562 e. The van der Waals surface area contributed by atoms with Crippen LogP contribution in [-0.2, 0) is 6.54 Å². The first-order valence-electron chi connectivity index (χ1n) is 7.63. The largest absolute Gasteiger partial charge is 0.368 e. The quantitative estimate of drug-likeness (QED) is 0.728. The molecule has 3 heteroatoms. The van der Waals surface area contributed by atoms with Gasteiger partial charge in [0.1, 0.15) is 0 Å². The number of anilines is 1. The second-order valence-electron chi connectivity index (χ2n) is 5.96. The lowest BCUT2D eigenvalue weighted by Gasteiger charge is -2.27. The van der Waals surface area contributed by atoms with Crippen LogP contribution in [0, 0.1) is 5.92 Å². The molecular weight excluding hydrogens is 234 g/mol. The molecule has 1 saturated carbocycles. The lowest BCUT2D eigenvalue weighted by Crippen LogP contribution is -2.30. The van der Waals surface area contributed by atoms with Gasteiger partial charge in [-0.2, -0.15) is 0 Å². The van der Waals surface area contributed by atoms with Gasteiger partial charge < -0.3 is 10.2 Å². The summed E-state index contributed by atoms with van der Waals surface area (Å²) in [7, 11) is 0. The fraction of sp³-hybridized carbons (Fsp3) is 0.688. The zero-order chi connectivity index (χ0) is 13.7. The van der Waals surface area contributed by atoms with Crippen LogP contribution in [0.15, 0.2) is 18.3 Å². The molecule has 0 bridgehead atoms. The Morgan fingerprint density at radius 3 is 2.84 bits per heavy atom. The Kier molecular flexibility index (Phi) is 5.20. The molecule has 2 rings (SSSR count). The van der Waals surface area contributed by atoms with Crippen molar-refractivity contribution >= 4 is 5.69 Å². The number of aromatic nitrogens is 1. The van der Waals surface area contributed by atoms with Crippen LogP contribution in [0.1, 0.15) is 45.7 Å². The average molecular weight is 261 g/mol. The SMILES string of the molecule is CCCNCc1cc(N(CC(C)C)C2CC2)ccn1. The standard InChI is InChI=1S/C16H27N3/c1-4-8-17-11-14-10-16(7-9-18-14)19(12-13(2)3)15-5-6-15/h7,9-10,13,15,17H,4-6,8,11-12H2,1-3H3. The van der Waals surface area contributed by atoms with Crippen molar-refractivity contribution in [3.05, 3.63) is 24.0 Å². The van der Waals surface area contributed by atoms with E-state index in [9.17, 15) is 0 Å². The van der Waals surface area contributed by atoms with Gasteiger partial charge in [-0.25, -0.2) is 0 Å². The molecule has 1 aliphatic carbocycles. The minimum absolute atomic E-state index is 0.704. The maximum absolute atomic E-state index is 4.46. The molecule has 0 aromatic carbocycles. The molecule has 1 aromatic rings. The Balaban J connectivity index is 2.02. The minimum atomic E-state index is 0.704. The van der Waals surface area contributed by atoms with E-state index in [2.05, 4.69) is 48.1 Å². The summed E-state index contributed by atoms with van der Waals surface area (Å²) in [5, 5.41) is 3.42. The number of nitrogens with zero attached hydrogens (tertiary/aromatic N) is 2. The Morgan fingerprint density at radius 1 is 1.42 bits per heavy atom. The highest BCUT2D eigenvalue weighted by atomic mass is 15.2. The first kappa shape index (κ1) is 14.3. The summed E-state index contributed by atoms with van der Waals surface area (Å²) < 4.78 is 0. The third kappa shape index (κ3) is 4.50. The molecule has 1 aromatic heterocycles. The lowest BCUT2D eigenvalue weighted by atomic mass is 10.2. The van der Waals surface area contributed by atoms with E-state index in [1.54, 1.807) is 0 Å². The highest BCUT2D eigenvalue weighted by molar-refractivity contribution is 5.49. The number of nitrogens with one attached hydrogen (secondary N) is 1. The van der Waals surface area contributed by atoms with Crippen LogP contribution in [-0.4, -0.2) is 24.1 Å². The average Bonchev–Trinajstić information content (AvgIpc) is 3.21. The monoisotopic (exact) mass is 261 g/mol. The van der Waals surface area contributed by atoms with Crippen molar-refractivity contribution in [2.24, 2.45) is 5.92 Å². The predicted molar refractivity (Wildman–Crippen MR) is 81.4 cm³/mol. The van der Waals surface area contributed by atoms with Gasteiger partial charge in [-0.1, -0.05) is 20.8 Å². The third-order valence-electron chi connectivity index (χ3n) is 3.41. The van der Waals surface area contributed by atoms with Crippen LogP contribution in [0.25, 0.3) is 0 Å². The zero-order valence-electron chi connectivity index (χ0n) is 12.5. The number of hydrogen-bond donors (Lipinski definition) is 1. The highest BCUT2D eigenvalue weighted by Gasteiger charge is 2.29. The fourth-order valence-corrected chi connectivity index (χ4v) is 2.38. The highest BCUT2D eigenvalue weighted by Crippen LogP contribution is 2.32. The van der Waals surface area contributed by atoms with Gasteiger partial charge in [0.2, 0.25) is 0 Å². The molecule has 0 saturated heterocycles. The Morgan fingerprint density at radius 2 is 2.21 bits per heavy atom. The van der Waals surface area contributed by atoms with Gasteiger partial charge in [0.25, 0.3) is 0 Å². The van der Waals surface area contributed by atoms with Crippen LogP contribution in [0.3, 0.4) is 0 Å². The van der Waals surface area contributed by atoms with Crippen molar-refractivity contribution < 1.29 is 0 Å². The molecule has 1 N–H and O–H groups in total. The molecule has 1 heterocycles. The maximum atomic E-state index is 4.46. The summed E-state index contributed by atoms with van der Waals surface area (Å²) in [6.45, 7) is 9.86. The summed E-state index contributed by atoms with van der Waals surface area (Å²) in [5.74, 6) is 0.704. The van der Waals surface area contributed by atoms with Gasteiger partial charge in [0, 0.05) is 31.0 Å². The molecule has 0 unspecified atom stereocenters. The van der Waals surface area contributed by atoms with E-state index in [0.29, 0.717) is 5.92 Å². The molecule has 0 spiro atoms.